The Kier molecular flexibility index (Phi) is 6.06. The number of nitrogens with zero attached hydrogens (tertiary/aromatic N) is 3. The lowest BCUT2D eigenvalue weighted by Crippen LogP contribution is -2.62. The first-order chi connectivity index (χ1) is 14.5. The number of aliphatic imine (C=N–C) groups is 1. The molecule has 160 valence electrons. The van der Waals surface area contributed by atoms with E-state index in [0.717, 1.165) is 42.2 Å². The fourth-order valence-electron chi connectivity index (χ4n) is 4.10. The molecular weight excluding hydrogens is 398 g/mol. The van der Waals surface area contributed by atoms with Crippen molar-refractivity contribution in [1.29, 1.82) is 0 Å². The third-order valence-corrected chi connectivity index (χ3v) is 7.64. The van der Waals surface area contributed by atoms with Crippen LogP contribution in [-0.2, 0) is 16.6 Å². The van der Waals surface area contributed by atoms with Crippen molar-refractivity contribution in [3.8, 4) is 0 Å². The number of fused-ring (bicyclic) bond motifs is 1. The summed E-state index contributed by atoms with van der Waals surface area (Å²) in [6.45, 7) is 3.46. The highest BCUT2D eigenvalue weighted by molar-refractivity contribution is 7.89. The highest BCUT2D eigenvalue weighted by atomic mass is 32.2. The molecule has 4 rings (SSSR count). The molecule has 1 atom stereocenters. The van der Waals surface area contributed by atoms with Crippen molar-refractivity contribution in [3.63, 3.8) is 0 Å². The monoisotopic (exact) mass is 427 g/mol. The van der Waals surface area contributed by atoms with Gasteiger partial charge in [-0.2, -0.15) is 4.31 Å². The summed E-state index contributed by atoms with van der Waals surface area (Å²) in [7, 11) is -3.29. The van der Waals surface area contributed by atoms with Crippen molar-refractivity contribution >= 4 is 27.4 Å². The second-order valence-electron chi connectivity index (χ2n) is 7.99. The number of benzene rings is 1. The summed E-state index contributed by atoms with van der Waals surface area (Å²) >= 11 is 0. The van der Waals surface area contributed by atoms with Crippen molar-refractivity contribution in [2.45, 2.75) is 44.7 Å². The molecule has 1 aromatic carbocycles. The molecule has 8 heteroatoms. The zero-order chi connectivity index (χ0) is 21.0. The summed E-state index contributed by atoms with van der Waals surface area (Å²) in [6, 6.07) is 13.9. The molecule has 30 heavy (non-hydrogen) atoms. The van der Waals surface area contributed by atoms with E-state index in [1.54, 1.807) is 10.5 Å². The topological polar surface area (TPSA) is 86.7 Å². The van der Waals surface area contributed by atoms with Crippen LogP contribution in [-0.4, -0.2) is 47.9 Å². The summed E-state index contributed by atoms with van der Waals surface area (Å²) in [5.74, 6) is 1.68. The lowest BCUT2D eigenvalue weighted by molar-refractivity contribution is 0.293. The van der Waals surface area contributed by atoms with Gasteiger partial charge in [0.1, 0.15) is 11.4 Å². The molecule has 0 unspecified atom stereocenters. The van der Waals surface area contributed by atoms with E-state index in [-0.39, 0.29) is 5.75 Å². The molecule has 1 aromatic heterocycles. The maximum Gasteiger partial charge on any atom is 0.214 e. The van der Waals surface area contributed by atoms with Crippen LogP contribution in [0.5, 0.6) is 0 Å². The molecule has 0 amide bonds. The molecule has 0 aliphatic carbocycles. The van der Waals surface area contributed by atoms with E-state index in [9.17, 15) is 8.42 Å². The maximum atomic E-state index is 12.9. The number of aromatic nitrogens is 1. The van der Waals surface area contributed by atoms with Crippen molar-refractivity contribution in [1.82, 2.24) is 9.29 Å². The minimum Gasteiger partial charge on any atom is -0.369 e. The van der Waals surface area contributed by atoms with Gasteiger partial charge in [-0.05, 0) is 37.0 Å². The predicted molar refractivity (Wildman–Crippen MR) is 121 cm³/mol. The fraction of sp³-hybridized carbons (Fsp3) is 0.455. The van der Waals surface area contributed by atoms with Crippen molar-refractivity contribution in [2.75, 3.05) is 29.5 Å². The maximum absolute atomic E-state index is 12.9. The third kappa shape index (κ3) is 4.34. The second kappa shape index (κ2) is 8.73. The Hall–Kier alpha value is -2.45. The Bertz CT molecular complexity index is 1010. The molecule has 1 spiro atoms. The number of amidine groups is 1. The molecule has 7 nitrogen and oxygen atoms in total. The van der Waals surface area contributed by atoms with Gasteiger partial charge in [0.2, 0.25) is 10.0 Å². The Balaban J connectivity index is 1.66. The molecule has 0 saturated carbocycles. The number of nitrogens with one attached hydrogen (secondary N) is 2. The fourth-order valence-corrected chi connectivity index (χ4v) is 5.84. The molecule has 2 aliphatic heterocycles. The first-order valence-corrected chi connectivity index (χ1v) is 12.2. The van der Waals surface area contributed by atoms with Crippen molar-refractivity contribution in [2.24, 2.45) is 4.99 Å². The number of hydrogen-bond donors (Lipinski definition) is 2. The van der Waals surface area contributed by atoms with E-state index in [0.29, 0.717) is 26.1 Å². The van der Waals surface area contributed by atoms with Gasteiger partial charge < -0.3 is 10.6 Å². The molecule has 2 N–H and O–H groups in total. The van der Waals surface area contributed by atoms with Crippen LogP contribution >= 0.6 is 0 Å². The lowest BCUT2D eigenvalue weighted by Gasteiger charge is -2.46. The Labute approximate surface area is 178 Å². The van der Waals surface area contributed by atoms with Gasteiger partial charge in [-0.3, -0.25) is 4.99 Å². The molecule has 2 aliphatic rings. The first-order valence-electron chi connectivity index (χ1n) is 10.6. The van der Waals surface area contributed by atoms with Crippen LogP contribution in [0.1, 0.15) is 38.2 Å². The van der Waals surface area contributed by atoms with Gasteiger partial charge in [-0.25, -0.2) is 13.4 Å². The predicted octanol–water partition coefficient (Wildman–Crippen LogP) is 3.48. The average Bonchev–Trinajstić information content (AvgIpc) is 2.77. The van der Waals surface area contributed by atoms with Crippen LogP contribution in [0.25, 0.3) is 0 Å². The Morgan fingerprint density at radius 2 is 2.03 bits per heavy atom. The molecule has 1 saturated heterocycles. The van der Waals surface area contributed by atoms with Crippen LogP contribution in [0.2, 0.25) is 0 Å². The smallest absolute Gasteiger partial charge is 0.214 e. The highest BCUT2D eigenvalue weighted by Crippen LogP contribution is 2.36. The van der Waals surface area contributed by atoms with Gasteiger partial charge in [0.25, 0.3) is 0 Å². The SMILES string of the molecule is CCCCS(=O)(=O)N1CCC[C@]2(C1)Nc1cccnc1NC2=NCc1ccccc1. The van der Waals surface area contributed by atoms with Crippen LogP contribution in [0, 0.1) is 0 Å². The zero-order valence-corrected chi connectivity index (χ0v) is 18.2. The largest absolute Gasteiger partial charge is 0.369 e. The van der Waals surface area contributed by atoms with E-state index in [4.69, 9.17) is 4.99 Å². The standard InChI is InChI=1S/C22H29N5O2S/c1-2-3-15-30(28,29)27-14-8-12-22(17-27)21(24-16-18-9-5-4-6-10-18)25-20-19(26-22)11-7-13-23-20/h4-7,9-11,13,26H,2-3,8,12,14-17H2,1H3,(H,23,24,25)/t22-/m1/s1. The summed E-state index contributed by atoms with van der Waals surface area (Å²) < 4.78 is 27.5. The number of piperidine rings is 1. The van der Waals surface area contributed by atoms with Crippen LogP contribution < -0.4 is 10.6 Å². The minimum atomic E-state index is -3.29. The van der Waals surface area contributed by atoms with Crippen LogP contribution in [0.15, 0.2) is 53.7 Å². The van der Waals surface area contributed by atoms with E-state index in [2.05, 4.69) is 15.6 Å². The van der Waals surface area contributed by atoms with E-state index < -0.39 is 15.6 Å². The molecule has 0 radical (unpaired) electrons. The van der Waals surface area contributed by atoms with Crippen molar-refractivity contribution in [3.05, 3.63) is 54.2 Å². The zero-order valence-electron chi connectivity index (χ0n) is 17.3. The van der Waals surface area contributed by atoms with Gasteiger partial charge in [0.05, 0.1) is 18.0 Å². The number of sulfonamides is 1. The van der Waals surface area contributed by atoms with E-state index >= 15 is 0 Å². The molecule has 0 bridgehead atoms. The normalized spacial score (nSPS) is 23.0. The third-order valence-electron chi connectivity index (χ3n) is 5.74. The molecule has 1 fully saturated rings. The molecule has 2 aromatic rings. The second-order valence-corrected chi connectivity index (χ2v) is 10.1. The van der Waals surface area contributed by atoms with Crippen molar-refractivity contribution < 1.29 is 8.42 Å². The molecular formula is C22H29N5O2S. The number of rotatable bonds is 6. The summed E-state index contributed by atoms with van der Waals surface area (Å²) in [4.78, 5) is 9.31. The van der Waals surface area contributed by atoms with Gasteiger partial charge in [0, 0.05) is 19.3 Å². The number of unbranched alkanes of at least 4 members (excludes halogenated alkanes) is 1. The Morgan fingerprint density at radius 3 is 2.83 bits per heavy atom. The van der Waals surface area contributed by atoms with E-state index in [1.807, 2.05) is 49.4 Å². The summed E-state index contributed by atoms with van der Waals surface area (Å²) in [5, 5.41) is 6.99. The average molecular weight is 428 g/mol. The highest BCUT2D eigenvalue weighted by Gasteiger charge is 2.46. The van der Waals surface area contributed by atoms with Gasteiger partial charge in [0.15, 0.2) is 5.82 Å². The first kappa shape index (κ1) is 20.8. The summed E-state index contributed by atoms with van der Waals surface area (Å²) in [6.07, 6.45) is 4.87. The molecule has 3 heterocycles. The van der Waals surface area contributed by atoms with Gasteiger partial charge in [-0.15, -0.1) is 0 Å². The number of pyridine rings is 1. The van der Waals surface area contributed by atoms with Gasteiger partial charge in [-0.1, -0.05) is 43.7 Å². The lowest BCUT2D eigenvalue weighted by atomic mass is 9.86. The summed E-state index contributed by atoms with van der Waals surface area (Å²) in [5.41, 5.74) is 1.41. The number of hydrogen-bond acceptors (Lipinski definition) is 5. The van der Waals surface area contributed by atoms with Crippen LogP contribution in [0.4, 0.5) is 11.5 Å². The minimum absolute atomic E-state index is 0.196. The number of anilines is 2. The Morgan fingerprint density at radius 1 is 1.20 bits per heavy atom. The van der Waals surface area contributed by atoms with Crippen LogP contribution in [0.3, 0.4) is 0 Å². The quantitative estimate of drug-likeness (QED) is 0.737. The van der Waals surface area contributed by atoms with Gasteiger partial charge >= 0.3 is 0 Å². The van der Waals surface area contributed by atoms with E-state index in [1.165, 1.54) is 0 Å².